The van der Waals surface area contributed by atoms with Gasteiger partial charge in [-0.2, -0.15) is 0 Å². The molecule has 0 radical (unpaired) electrons. The van der Waals surface area contributed by atoms with E-state index < -0.39 is 0 Å². The first-order valence-corrected chi connectivity index (χ1v) is 8.92. The van der Waals surface area contributed by atoms with Crippen LogP contribution < -0.4 is 10.9 Å². The molecule has 1 unspecified atom stereocenters. The van der Waals surface area contributed by atoms with E-state index >= 15 is 0 Å². The largest absolute Gasteiger partial charge is 0.273 e. The van der Waals surface area contributed by atoms with Crippen molar-refractivity contribution in [3.8, 4) is 0 Å². The third kappa shape index (κ3) is 6.26. The second-order valence-corrected chi connectivity index (χ2v) is 6.84. The van der Waals surface area contributed by atoms with E-state index in [2.05, 4.69) is 10.9 Å². The Morgan fingerprint density at radius 1 is 1.00 bits per heavy atom. The normalized spacial score (nSPS) is 11.6. The number of thioether (sulfide) groups is 1. The van der Waals surface area contributed by atoms with Gasteiger partial charge < -0.3 is 0 Å². The highest BCUT2D eigenvalue weighted by Gasteiger charge is 2.11. The fraction of sp³-hybridized carbons (Fsp3) is 0.222. The molecule has 0 spiro atoms. The number of carbonyl (C=O) groups excluding carboxylic acids is 2. The molecule has 0 aliphatic rings. The second kappa shape index (κ2) is 9.35. The fourth-order valence-electron chi connectivity index (χ4n) is 2.08. The van der Waals surface area contributed by atoms with Crippen molar-refractivity contribution in [2.45, 2.75) is 24.2 Å². The van der Waals surface area contributed by atoms with Crippen LogP contribution in [0.4, 0.5) is 0 Å². The predicted molar refractivity (Wildman–Crippen MR) is 97.9 cm³/mol. The number of halogens is 1. The number of hydrogen-bond donors (Lipinski definition) is 2. The van der Waals surface area contributed by atoms with Gasteiger partial charge in [0.25, 0.3) is 0 Å². The number of carbonyl (C=O) groups is 2. The van der Waals surface area contributed by atoms with E-state index in [-0.39, 0.29) is 23.5 Å². The summed E-state index contributed by atoms with van der Waals surface area (Å²) in [6, 6.07) is 17.0. The van der Waals surface area contributed by atoms with Crippen LogP contribution in [0.1, 0.15) is 24.8 Å². The van der Waals surface area contributed by atoms with Gasteiger partial charge in [0.1, 0.15) is 0 Å². The van der Waals surface area contributed by atoms with E-state index in [1.54, 1.807) is 12.1 Å². The summed E-state index contributed by atoms with van der Waals surface area (Å²) in [5.74, 6) is -0.158. The second-order valence-electron chi connectivity index (χ2n) is 5.35. The van der Waals surface area contributed by atoms with Crippen LogP contribution in [0.25, 0.3) is 0 Å². The average molecular weight is 363 g/mol. The fourth-order valence-corrected chi connectivity index (χ4v) is 2.91. The highest BCUT2D eigenvalue weighted by molar-refractivity contribution is 8.00. The lowest BCUT2D eigenvalue weighted by Gasteiger charge is -2.12. The molecule has 4 nitrogen and oxygen atoms in total. The minimum atomic E-state index is -0.254. The van der Waals surface area contributed by atoms with Crippen LogP contribution >= 0.6 is 23.4 Å². The molecule has 0 saturated heterocycles. The summed E-state index contributed by atoms with van der Waals surface area (Å²) in [4.78, 5) is 24.6. The van der Waals surface area contributed by atoms with Crippen molar-refractivity contribution in [1.29, 1.82) is 0 Å². The Bertz CT molecular complexity index is 677. The third-order valence-electron chi connectivity index (χ3n) is 3.39. The van der Waals surface area contributed by atoms with Crippen molar-refractivity contribution in [2.75, 3.05) is 5.75 Å². The summed E-state index contributed by atoms with van der Waals surface area (Å²) < 4.78 is 0. The van der Waals surface area contributed by atoms with Gasteiger partial charge in [0.05, 0.1) is 5.75 Å². The Morgan fingerprint density at radius 2 is 1.62 bits per heavy atom. The standard InChI is InChI=1S/C18H19ClN2O2S/c1-13(14-5-3-2-4-6-14)11-17(22)20-21-18(23)12-24-16-9-7-15(19)8-10-16/h2-10,13H,11-12H2,1H3,(H,20,22)(H,21,23). The zero-order valence-corrected chi connectivity index (χ0v) is 14.9. The zero-order valence-electron chi connectivity index (χ0n) is 13.3. The molecule has 2 rings (SSSR count). The lowest BCUT2D eigenvalue weighted by Crippen LogP contribution is -2.42. The van der Waals surface area contributed by atoms with Crippen LogP contribution in [0.2, 0.25) is 5.02 Å². The Balaban J connectivity index is 1.69. The zero-order chi connectivity index (χ0) is 17.4. The molecule has 1 atom stereocenters. The molecule has 0 aliphatic carbocycles. The van der Waals surface area contributed by atoms with E-state index in [9.17, 15) is 9.59 Å². The predicted octanol–water partition coefficient (Wildman–Crippen LogP) is 3.77. The molecule has 6 heteroatoms. The maximum Gasteiger partial charge on any atom is 0.248 e. The Kier molecular flexibility index (Phi) is 7.15. The highest BCUT2D eigenvalue weighted by atomic mass is 35.5. The molecule has 0 saturated carbocycles. The topological polar surface area (TPSA) is 58.2 Å². The van der Waals surface area contributed by atoms with E-state index in [1.807, 2.05) is 49.4 Å². The van der Waals surface area contributed by atoms with E-state index in [1.165, 1.54) is 11.8 Å². The number of benzene rings is 2. The molecule has 0 aliphatic heterocycles. The van der Waals surface area contributed by atoms with Crippen LogP contribution in [0.5, 0.6) is 0 Å². The van der Waals surface area contributed by atoms with Crippen molar-refractivity contribution in [1.82, 2.24) is 10.9 Å². The summed E-state index contributed by atoms with van der Waals surface area (Å²) >= 11 is 7.19. The average Bonchev–Trinajstić information content (AvgIpc) is 2.60. The van der Waals surface area contributed by atoms with Crippen molar-refractivity contribution in [3.63, 3.8) is 0 Å². The van der Waals surface area contributed by atoms with Gasteiger partial charge in [-0.15, -0.1) is 11.8 Å². The highest BCUT2D eigenvalue weighted by Crippen LogP contribution is 2.20. The van der Waals surface area contributed by atoms with Crippen molar-refractivity contribution < 1.29 is 9.59 Å². The van der Waals surface area contributed by atoms with Crippen LogP contribution in [-0.2, 0) is 9.59 Å². The summed E-state index contributed by atoms with van der Waals surface area (Å²) in [6.45, 7) is 1.98. The van der Waals surface area contributed by atoms with Crippen LogP contribution in [-0.4, -0.2) is 17.6 Å². The van der Waals surface area contributed by atoms with E-state index in [4.69, 9.17) is 11.6 Å². The number of nitrogens with one attached hydrogen (secondary N) is 2. The number of amides is 2. The molecule has 2 aromatic carbocycles. The van der Waals surface area contributed by atoms with Crippen molar-refractivity contribution in [2.24, 2.45) is 0 Å². The van der Waals surface area contributed by atoms with Gasteiger partial charge >= 0.3 is 0 Å². The minimum Gasteiger partial charge on any atom is -0.273 e. The molecule has 0 bridgehead atoms. The smallest absolute Gasteiger partial charge is 0.248 e. The third-order valence-corrected chi connectivity index (χ3v) is 4.65. The SMILES string of the molecule is CC(CC(=O)NNC(=O)CSc1ccc(Cl)cc1)c1ccccc1. The van der Waals surface area contributed by atoms with Gasteiger partial charge in [-0.05, 0) is 35.7 Å². The van der Waals surface area contributed by atoms with Crippen LogP contribution in [0, 0.1) is 0 Å². The summed E-state index contributed by atoms with van der Waals surface area (Å²) in [7, 11) is 0. The lowest BCUT2D eigenvalue weighted by atomic mass is 9.98. The summed E-state index contributed by atoms with van der Waals surface area (Å²) in [6.07, 6.45) is 0.314. The maximum absolute atomic E-state index is 11.9. The Hall–Kier alpha value is -1.98. The van der Waals surface area contributed by atoms with Gasteiger partial charge in [-0.3, -0.25) is 20.4 Å². The monoisotopic (exact) mass is 362 g/mol. The molecule has 0 fully saturated rings. The van der Waals surface area contributed by atoms with Crippen molar-refractivity contribution >= 4 is 35.2 Å². The van der Waals surface area contributed by atoms with Crippen LogP contribution in [0.3, 0.4) is 0 Å². The van der Waals surface area contributed by atoms with Crippen molar-refractivity contribution in [3.05, 3.63) is 65.2 Å². The first kappa shape index (κ1) is 18.4. The number of hydrazine groups is 1. The summed E-state index contributed by atoms with van der Waals surface area (Å²) in [5.41, 5.74) is 5.99. The Morgan fingerprint density at radius 3 is 2.29 bits per heavy atom. The van der Waals surface area contributed by atoms with Gasteiger partial charge in [-0.1, -0.05) is 48.9 Å². The molecular formula is C18H19ClN2O2S. The van der Waals surface area contributed by atoms with E-state index in [0.717, 1.165) is 10.5 Å². The molecule has 2 amide bonds. The van der Waals surface area contributed by atoms with Gasteiger partial charge in [0.2, 0.25) is 11.8 Å². The van der Waals surface area contributed by atoms with Gasteiger partial charge in [0.15, 0.2) is 0 Å². The quantitative estimate of drug-likeness (QED) is 0.607. The Labute approximate surface area is 150 Å². The minimum absolute atomic E-state index is 0.0894. The molecule has 2 aromatic rings. The molecule has 2 N–H and O–H groups in total. The number of hydrogen-bond acceptors (Lipinski definition) is 3. The molecular weight excluding hydrogens is 344 g/mol. The molecule has 24 heavy (non-hydrogen) atoms. The van der Waals surface area contributed by atoms with E-state index in [0.29, 0.717) is 11.4 Å². The first-order chi connectivity index (χ1) is 11.5. The molecule has 0 heterocycles. The van der Waals surface area contributed by atoms with Gasteiger partial charge in [-0.25, -0.2) is 0 Å². The summed E-state index contributed by atoms with van der Waals surface area (Å²) in [5, 5.41) is 0.656. The lowest BCUT2D eigenvalue weighted by molar-refractivity contribution is -0.127. The van der Waals surface area contributed by atoms with Crippen LogP contribution in [0.15, 0.2) is 59.5 Å². The maximum atomic E-state index is 11.9. The molecule has 126 valence electrons. The van der Waals surface area contributed by atoms with Gasteiger partial charge in [0, 0.05) is 16.3 Å². The first-order valence-electron chi connectivity index (χ1n) is 7.55. The number of rotatable bonds is 6. The molecule has 0 aromatic heterocycles.